The highest BCUT2D eigenvalue weighted by atomic mass is 31.1. The van der Waals surface area contributed by atoms with Crippen molar-refractivity contribution in [3.63, 3.8) is 0 Å². The molecule has 1 heterocycles. The zero-order valence-electron chi connectivity index (χ0n) is 16.4. The molecule has 2 unspecified atom stereocenters. The Bertz CT molecular complexity index is 877. The van der Waals surface area contributed by atoms with E-state index in [4.69, 9.17) is 9.47 Å². The Morgan fingerprint density at radius 1 is 1.34 bits per heavy atom. The van der Waals surface area contributed by atoms with Crippen molar-refractivity contribution in [2.45, 2.75) is 30.6 Å². The summed E-state index contributed by atoms with van der Waals surface area (Å²) in [6.07, 6.45) is -0.0192. The van der Waals surface area contributed by atoms with E-state index in [0.29, 0.717) is 13.0 Å². The molecule has 3 N–H and O–H groups in total. The molecule has 29 heavy (non-hydrogen) atoms. The number of carboxylic acid groups (broad SMARTS) is 1. The normalized spacial score (nSPS) is 23.3. The van der Waals surface area contributed by atoms with Crippen LogP contribution in [0.2, 0.25) is 0 Å². The summed E-state index contributed by atoms with van der Waals surface area (Å²) >= 11 is 0. The van der Waals surface area contributed by atoms with Crippen LogP contribution >= 0.6 is 8.03 Å². The third kappa shape index (κ3) is 5.00. The molecule has 8 heteroatoms. The lowest BCUT2D eigenvalue weighted by molar-refractivity contribution is -0.0313. The molecular formula is C21H25NO6P+. The molecule has 0 saturated carbocycles. The van der Waals surface area contributed by atoms with E-state index in [0.717, 1.165) is 16.9 Å². The summed E-state index contributed by atoms with van der Waals surface area (Å²) < 4.78 is 23.2. The first-order valence-corrected chi connectivity index (χ1v) is 10.6. The Kier molecular flexibility index (Phi) is 6.65. The van der Waals surface area contributed by atoms with Gasteiger partial charge in [-0.3, -0.25) is 0 Å². The monoisotopic (exact) mass is 418 g/mol. The van der Waals surface area contributed by atoms with E-state index in [2.05, 4.69) is 5.32 Å². The standard InChI is InChI=1S/C21H24NO6P/c1-21(16-5-3-4-15(11-16)20(23)24)13-28-18(12-22-21)19(29(25)26)10-14-6-8-17(27-2)9-7-14/h3-9,11,18-19,22H,10,12-13H2,1-2H3,(H-,23,24,25,26)/p+1/t18-,19?,21+/m1/s1. The molecule has 2 aromatic rings. The van der Waals surface area contributed by atoms with E-state index >= 15 is 0 Å². The first kappa shape index (κ1) is 21.4. The van der Waals surface area contributed by atoms with Crippen molar-refractivity contribution >= 4 is 14.0 Å². The number of rotatable bonds is 7. The number of carbonyl (C=O) groups is 1. The minimum atomic E-state index is -2.44. The van der Waals surface area contributed by atoms with Crippen LogP contribution in [0.15, 0.2) is 48.5 Å². The number of hydrogen-bond donors (Lipinski definition) is 3. The van der Waals surface area contributed by atoms with Gasteiger partial charge in [-0.1, -0.05) is 24.3 Å². The Morgan fingerprint density at radius 2 is 2.07 bits per heavy atom. The molecule has 0 aliphatic carbocycles. The number of nitrogens with one attached hydrogen (secondary N) is 1. The Morgan fingerprint density at radius 3 is 2.62 bits per heavy atom. The quantitative estimate of drug-likeness (QED) is 0.594. The van der Waals surface area contributed by atoms with Crippen LogP contribution in [0.5, 0.6) is 5.75 Å². The summed E-state index contributed by atoms with van der Waals surface area (Å²) in [6, 6.07) is 14.1. The summed E-state index contributed by atoms with van der Waals surface area (Å²) in [5.41, 5.74) is 0.813. The van der Waals surface area contributed by atoms with Crippen molar-refractivity contribution in [3.05, 3.63) is 65.2 Å². The van der Waals surface area contributed by atoms with Crippen LogP contribution in [0.25, 0.3) is 0 Å². The third-order valence-electron chi connectivity index (χ3n) is 5.34. The molecule has 1 aliphatic heterocycles. The lowest BCUT2D eigenvalue weighted by Gasteiger charge is -2.39. The van der Waals surface area contributed by atoms with Crippen LogP contribution in [-0.4, -0.2) is 48.0 Å². The predicted molar refractivity (Wildman–Crippen MR) is 109 cm³/mol. The third-order valence-corrected chi connectivity index (χ3v) is 6.43. The van der Waals surface area contributed by atoms with Gasteiger partial charge in [0.25, 0.3) is 0 Å². The van der Waals surface area contributed by atoms with Gasteiger partial charge < -0.3 is 19.9 Å². The van der Waals surface area contributed by atoms with E-state index in [1.807, 2.05) is 37.3 Å². The fraction of sp³-hybridized carbons (Fsp3) is 0.381. The first-order valence-electron chi connectivity index (χ1n) is 9.31. The lowest BCUT2D eigenvalue weighted by atomic mass is 9.89. The van der Waals surface area contributed by atoms with Crippen molar-refractivity contribution in [1.29, 1.82) is 0 Å². The summed E-state index contributed by atoms with van der Waals surface area (Å²) in [5.74, 6) is -0.254. The van der Waals surface area contributed by atoms with Crippen LogP contribution in [0.1, 0.15) is 28.4 Å². The van der Waals surface area contributed by atoms with Crippen LogP contribution in [0, 0.1) is 0 Å². The summed E-state index contributed by atoms with van der Waals surface area (Å²) in [7, 11) is -0.854. The number of morpholine rings is 1. The van der Waals surface area contributed by atoms with E-state index in [9.17, 15) is 19.4 Å². The molecule has 1 fully saturated rings. The highest BCUT2D eigenvalue weighted by Crippen LogP contribution is 2.34. The zero-order chi connectivity index (χ0) is 21.0. The summed E-state index contributed by atoms with van der Waals surface area (Å²) in [5, 5.41) is 12.6. The Hall–Kier alpha value is -2.31. The van der Waals surface area contributed by atoms with Crippen LogP contribution in [0.4, 0.5) is 0 Å². The van der Waals surface area contributed by atoms with Gasteiger partial charge in [0, 0.05) is 13.0 Å². The van der Waals surface area contributed by atoms with E-state index in [1.165, 1.54) is 0 Å². The van der Waals surface area contributed by atoms with Crippen LogP contribution in [-0.2, 0) is 21.3 Å². The Labute approximate surface area is 170 Å². The molecular weight excluding hydrogens is 393 g/mol. The van der Waals surface area contributed by atoms with Crippen molar-refractivity contribution < 1.29 is 28.8 Å². The molecule has 1 aliphatic rings. The number of benzene rings is 2. The van der Waals surface area contributed by atoms with E-state index < -0.39 is 31.3 Å². The van der Waals surface area contributed by atoms with Crippen molar-refractivity contribution in [2.75, 3.05) is 20.3 Å². The largest absolute Gasteiger partial charge is 0.511 e. The Balaban J connectivity index is 1.70. The molecule has 0 amide bonds. The zero-order valence-corrected chi connectivity index (χ0v) is 17.3. The number of carboxylic acids is 1. The molecule has 4 atom stereocenters. The second kappa shape index (κ2) is 9.01. The SMILES string of the molecule is COc1ccc(CC([C@H]2CN[C@](C)(c3cccc(C(=O)O)c3)CO2)[P+](=O)O)cc1. The van der Waals surface area contributed by atoms with E-state index in [-0.39, 0.29) is 12.2 Å². The van der Waals surface area contributed by atoms with Gasteiger partial charge in [-0.15, -0.1) is 0 Å². The van der Waals surface area contributed by atoms with E-state index in [1.54, 1.807) is 25.3 Å². The molecule has 0 aromatic heterocycles. The molecule has 154 valence electrons. The van der Waals surface area contributed by atoms with Crippen LogP contribution < -0.4 is 10.1 Å². The number of aromatic carboxylic acids is 1. The maximum atomic E-state index is 12.0. The molecule has 3 rings (SSSR count). The van der Waals surface area contributed by atoms with Crippen LogP contribution in [0.3, 0.4) is 0 Å². The fourth-order valence-corrected chi connectivity index (χ4v) is 4.34. The van der Waals surface area contributed by atoms with Gasteiger partial charge in [-0.2, -0.15) is 4.89 Å². The molecule has 2 aromatic carbocycles. The van der Waals surface area contributed by atoms with Gasteiger partial charge in [0.1, 0.15) is 11.9 Å². The van der Waals surface area contributed by atoms with Gasteiger partial charge in [-0.05, 0) is 46.9 Å². The van der Waals surface area contributed by atoms with Crippen molar-refractivity contribution in [3.8, 4) is 5.75 Å². The highest BCUT2D eigenvalue weighted by molar-refractivity contribution is 7.39. The minimum Gasteiger partial charge on any atom is -0.497 e. The highest BCUT2D eigenvalue weighted by Gasteiger charge is 2.43. The maximum Gasteiger partial charge on any atom is 0.511 e. The smallest absolute Gasteiger partial charge is 0.497 e. The van der Waals surface area contributed by atoms with Gasteiger partial charge >= 0.3 is 14.0 Å². The summed E-state index contributed by atoms with van der Waals surface area (Å²) in [4.78, 5) is 21.1. The number of methoxy groups -OCH3 is 1. The summed E-state index contributed by atoms with van der Waals surface area (Å²) in [6.45, 7) is 2.58. The average molecular weight is 418 g/mol. The first-order chi connectivity index (χ1) is 13.8. The number of ether oxygens (including phenoxy) is 2. The minimum absolute atomic E-state index is 0.212. The average Bonchev–Trinajstić information content (AvgIpc) is 2.73. The van der Waals surface area contributed by atoms with Crippen molar-refractivity contribution in [1.82, 2.24) is 5.32 Å². The van der Waals surface area contributed by atoms with Gasteiger partial charge in [0.2, 0.25) is 5.66 Å². The van der Waals surface area contributed by atoms with Gasteiger partial charge in [0.05, 0.1) is 24.8 Å². The van der Waals surface area contributed by atoms with Gasteiger partial charge in [-0.25, -0.2) is 4.79 Å². The second-order valence-electron chi connectivity index (χ2n) is 7.37. The van der Waals surface area contributed by atoms with Gasteiger partial charge in [0.15, 0.2) is 0 Å². The molecule has 0 spiro atoms. The second-order valence-corrected chi connectivity index (χ2v) is 8.64. The number of hydrogen-bond acceptors (Lipinski definition) is 5. The van der Waals surface area contributed by atoms with Crippen molar-refractivity contribution in [2.24, 2.45) is 0 Å². The predicted octanol–water partition coefficient (Wildman–Crippen LogP) is 2.94. The topological polar surface area (TPSA) is 105 Å². The lowest BCUT2D eigenvalue weighted by Crippen LogP contribution is -2.55. The molecule has 7 nitrogen and oxygen atoms in total. The molecule has 0 bridgehead atoms. The fourth-order valence-electron chi connectivity index (χ4n) is 3.49. The molecule has 0 radical (unpaired) electrons. The maximum absolute atomic E-state index is 12.0. The molecule has 1 saturated heterocycles.